The second-order valence-electron chi connectivity index (χ2n) is 3.20. The van der Waals surface area contributed by atoms with E-state index in [0.29, 0.717) is 19.0 Å². The third-order valence-electron chi connectivity index (χ3n) is 2.30. The van der Waals surface area contributed by atoms with Crippen LogP contribution in [0, 0.1) is 0 Å². The Morgan fingerprint density at radius 1 is 1.62 bits per heavy atom. The highest BCUT2D eigenvalue weighted by molar-refractivity contribution is 5.34. The van der Waals surface area contributed by atoms with Crippen LogP contribution in [0.2, 0.25) is 0 Å². The molecule has 1 fully saturated rings. The molecule has 1 aromatic heterocycles. The van der Waals surface area contributed by atoms with Gasteiger partial charge in [-0.25, -0.2) is 4.98 Å². The molecule has 0 bridgehead atoms. The summed E-state index contributed by atoms with van der Waals surface area (Å²) < 4.78 is 5.07. The number of methoxy groups -OCH3 is 1. The van der Waals surface area contributed by atoms with E-state index in [-0.39, 0.29) is 0 Å². The summed E-state index contributed by atoms with van der Waals surface area (Å²) in [6.07, 6.45) is 1.65. The van der Waals surface area contributed by atoms with Crippen LogP contribution in [0.5, 0.6) is 5.88 Å². The average Bonchev–Trinajstić information content (AvgIpc) is 2.14. The first-order valence-corrected chi connectivity index (χ1v) is 4.19. The Bertz CT molecular complexity index is 310. The molecule has 2 N–H and O–H groups in total. The van der Waals surface area contributed by atoms with Crippen molar-refractivity contribution in [3.8, 4) is 5.88 Å². The molecule has 1 aliphatic heterocycles. The van der Waals surface area contributed by atoms with E-state index < -0.39 is 5.60 Å². The van der Waals surface area contributed by atoms with Gasteiger partial charge in [0.1, 0.15) is 5.60 Å². The maximum Gasteiger partial charge on any atom is 0.219 e. The Balaban J connectivity index is 2.38. The SMILES string of the molecule is COc1ncccc1C1(O)CNC1. The van der Waals surface area contributed by atoms with Crippen LogP contribution in [0.3, 0.4) is 0 Å². The second kappa shape index (κ2) is 2.97. The van der Waals surface area contributed by atoms with E-state index in [1.165, 1.54) is 0 Å². The number of nitrogens with zero attached hydrogens (tertiary/aromatic N) is 1. The van der Waals surface area contributed by atoms with Crippen molar-refractivity contribution in [1.29, 1.82) is 0 Å². The number of hydrogen-bond donors (Lipinski definition) is 2. The summed E-state index contributed by atoms with van der Waals surface area (Å²) in [5.74, 6) is 0.506. The zero-order valence-electron chi connectivity index (χ0n) is 7.45. The Morgan fingerprint density at radius 2 is 2.38 bits per heavy atom. The molecule has 0 unspecified atom stereocenters. The molecular formula is C9H12N2O2. The third kappa shape index (κ3) is 1.28. The lowest BCUT2D eigenvalue weighted by Crippen LogP contribution is -2.56. The van der Waals surface area contributed by atoms with E-state index in [0.717, 1.165) is 5.56 Å². The highest BCUT2D eigenvalue weighted by Crippen LogP contribution is 2.30. The highest BCUT2D eigenvalue weighted by atomic mass is 16.5. The molecule has 4 heteroatoms. The van der Waals surface area contributed by atoms with E-state index in [2.05, 4.69) is 10.3 Å². The number of aliphatic hydroxyl groups is 1. The number of β-amino-alcohol motifs (C(OH)–C–C–N with tert-alkyl or cyclic N) is 1. The van der Waals surface area contributed by atoms with Crippen LogP contribution in [-0.4, -0.2) is 30.3 Å². The van der Waals surface area contributed by atoms with Crippen molar-refractivity contribution in [2.75, 3.05) is 20.2 Å². The van der Waals surface area contributed by atoms with Crippen molar-refractivity contribution in [2.24, 2.45) is 0 Å². The summed E-state index contributed by atoms with van der Waals surface area (Å²) in [5, 5.41) is 13.0. The van der Waals surface area contributed by atoms with Gasteiger partial charge in [-0.05, 0) is 12.1 Å². The number of rotatable bonds is 2. The predicted molar refractivity (Wildman–Crippen MR) is 47.6 cm³/mol. The molecular weight excluding hydrogens is 168 g/mol. The molecule has 13 heavy (non-hydrogen) atoms. The molecule has 4 nitrogen and oxygen atoms in total. The van der Waals surface area contributed by atoms with Crippen LogP contribution >= 0.6 is 0 Å². The average molecular weight is 180 g/mol. The minimum atomic E-state index is -0.792. The molecule has 0 aliphatic carbocycles. The normalized spacial score (nSPS) is 19.2. The van der Waals surface area contributed by atoms with Gasteiger partial charge in [0.15, 0.2) is 0 Å². The van der Waals surface area contributed by atoms with Crippen molar-refractivity contribution in [2.45, 2.75) is 5.60 Å². The lowest BCUT2D eigenvalue weighted by atomic mass is 9.89. The fourth-order valence-corrected chi connectivity index (χ4v) is 1.46. The molecule has 0 saturated carbocycles. The summed E-state index contributed by atoms with van der Waals surface area (Å²) in [4.78, 5) is 4.04. The molecule has 1 aliphatic rings. The maximum absolute atomic E-state index is 10.0. The van der Waals surface area contributed by atoms with Gasteiger partial charge < -0.3 is 15.2 Å². The summed E-state index contributed by atoms with van der Waals surface area (Å²) in [5.41, 5.74) is -0.0316. The zero-order chi connectivity index (χ0) is 9.31. The van der Waals surface area contributed by atoms with Gasteiger partial charge >= 0.3 is 0 Å². The quantitative estimate of drug-likeness (QED) is 0.666. The molecule has 0 radical (unpaired) electrons. The van der Waals surface area contributed by atoms with Crippen molar-refractivity contribution in [3.63, 3.8) is 0 Å². The Kier molecular flexibility index (Phi) is 1.94. The van der Waals surface area contributed by atoms with Gasteiger partial charge in [0.25, 0.3) is 0 Å². The second-order valence-corrected chi connectivity index (χ2v) is 3.20. The van der Waals surface area contributed by atoms with Crippen molar-refractivity contribution >= 4 is 0 Å². The number of ether oxygens (including phenoxy) is 1. The summed E-state index contributed by atoms with van der Waals surface area (Å²) in [6, 6.07) is 3.64. The largest absolute Gasteiger partial charge is 0.481 e. The van der Waals surface area contributed by atoms with Gasteiger partial charge in [-0.1, -0.05) is 0 Å². The minimum absolute atomic E-state index is 0.506. The molecule has 1 saturated heterocycles. The maximum atomic E-state index is 10.0. The van der Waals surface area contributed by atoms with E-state index in [4.69, 9.17) is 4.74 Å². The molecule has 0 spiro atoms. The highest BCUT2D eigenvalue weighted by Gasteiger charge is 2.38. The summed E-state index contributed by atoms with van der Waals surface area (Å²) in [7, 11) is 1.56. The third-order valence-corrected chi connectivity index (χ3v) is 2.30. The van der Waals surface area contributed by atoms with Gasteiger partial charge in [-0.15, -0.1) is 0 Å². The van der Waals surface area contributed by atoms with Gasteiger partial charge in [0.05, 0.1) is 7.11 Å². The summed E-state index contributed by atoms with van der Waals surface area (Å²) in [6.45, 7) is 1.13. The van der Waals surface area contributed by atoms with Crippen LogP contribution in [0.15, 0.2) is 18.3 Å². The lowest BCUT2D eigenvalue weighted by Gasteiger charge is -2.38. The number of pyridine rings is 1. The van der Waals surface area contributed by atoms with Gasteiger partial charge in [0, 0.05) is 24.8 Å². The van der Waals surface area contributed by atoms with E-state index in [1.807, 2.05) is 6.07 Å². The fraction of sp³-hybridized carbons (Fsp3) is 0.444. The number of aromatic nitrogens is 1. The van der Waals surface area contributed by atoms with Gasteiger partial charge in [0.2, 0.25) is 5.88 Å². The van der Waals surface area contributed by atoms with E-state index >= 15 is 0 Å². The Morgan fingerprint density at radius 3 is 2.92 bits per heavy atom. The number of hydrogen-bond acceptors (Lipinski definition) is 4. The van der Waals surface area contributed by atoms with Crippen LogP contribution in [0.25, 0.3) is 0 Å². The van der Waals surface area contributed by atoms with Crippen molar-refractivity contribution in [3.05, 3.63) is 23.9 Å². The topological polar surface area (TPSA) is 54.4 Å². The predicted octanol–water partition coefficient (Wildman–Crippen LogP) is -0.119. The molecule has 2 rings (SSSR count). The van der Waals surface area contributed by atoms with Crippen LogP contribution < -0.4 is 10.1 Å². The van der Waals surface area contributed by atoms with Gasteiger partial charge in [-0.2, -0.15) is 0 Å². The molecule has 1 aromatic rings. The molecule has 2 heterocycles. The zero-order valence-corrected chi connectivity index (χ0v) is 7.45. The first-order chi connectivity index (χ1) is 6.26. The first kappa shape index (κ1) is 8.47. The van der Waals surface area contributed by atoms with Crippen molar-refractivity contribution < 1.29 is 9.84 Å². The molecule has 70 valence electrons. The van der Waals surface area contributed by atoms with Crippen LogP contribution in [0.4, 0.5) is 0 Å². The van der Waals surface area contributed by atoms with Crippen LogP contribution in [0.1, 0.15) is 5.56 Å². The number of nitrogens with one attached hydrogen (secondary N) is 1. The van der Waals surface area contributed by atoms with Gasteiger partial charge in [-0.3, -0.25) is 0 Å². The van der Waals surface area contributed by atoms with E-state index in [9.17, 15) is 5.11 Å². The van der Waals surface area contributed by atoms with E-state index in [1.54, 1.807) is 19.4 Å². The van der Waals surface area contributed by atoms with Crippen LogP contribution in [-0.2, 0) is 5.60 Å². The van der Waals surface area contributed by atoms with Crippen molar-refractivity contribution in [1.82, 2.24) is 10.3 Å². The molecule has 0 amide bonds. The Hall–Kier alpha value is -1.13. The molecule has 0 aromatic carbocycles. The smallest absolute Gasteiger partial charge is 0.219 e. The first-order valence-electron chi connectivity index (χ1n) is 4.19. The molecule has 0 atom stereocenters. The standard InChI is InChI=1S/C9H12N2O2/c1-13-8-7(3-2-4-11-8)9(12)5-10-6-9/h2-4,10,12H,5-6H2,1H3. The fourth-order valence-electron chi connectivity index (χ4n) is 1.46. The minimum Gasteiger partial charge on any atom is -0.481 e. The summed E-state index contributed by atoms with van der Waals surface area (Å²) >= 11 is 0. The lowest BCUT2D eigenvalue weighted by molar-refractivity contribution is -0.0169. The monoisotopic (exact) mass is 180 g/mol. The Labute approximate surface area is 76.6 Å².